The van der Waals surface area contributed by atoms with Gasteiger partial charge in [0.25, 0.3) is 11.8 Å². The quantitative estimate of drug-likeness (QED) is 0.379. The molecule has 0 aliphatic carbocycles. The number of nitrogens with zero attached hydrogens (tertiary/aromatic N) is 2. The van der Waals surface area contributed by atoms with E-state index in [1.165, 1.54) is 9.80 Å². The van der Waals surface area contributed by atoms with Crippen LogP contribution in [0, 0.1) is 10.5 Å². The molecule has 2 aromatic rings. The topological polar surface area (TPSA) is 57.7 Å². The number of carbonyl (C=O) groups is 3. The first-order chi connectivity index (χ1) is 12.9. The van der Waals surface area contributed by atoms with Crippen molar-refractivity contribution in [2.45, 2.75) is 19.4 Å². The van der Waals surface area contributed by atoms with Crippen molar-refractivity contribution < 1.29 is 14.4 Å². The van der Waals surface area contributed by atoms with Gasteiger partial charge in [0.15, 0.2) is 0 Å². The van der Waals surface area contributed by atoms with Gasteiger partial charge in [-0.05, 0) is 65.9 Å². The van der Waals surface area contributed by atoms with E-state index in [9.17, 15) is 14.4 Å². The van der Waals surface area contributed by atoms with E-state index in [2.05, 4.69) is 29.2 Å². The van der Waals surface area contributed by atoms with E-state index in [0.29, 0.717) is 11.3 Å². The summed E-state index contributed by atoms with van der Waals surface area (Å²) in [5, 5.41) is 0. The summed E-state index contributed by atoms with van der Waals surface area (Å²) in [6.45, 7) is 5.82. The Morgan fingerprint density at radius 1 is 1.19 bits per heavy atom. The molecule has 0 N–H and O–H groups in total. The van der Waals surface area contributed by atoms with Crippen LogP contribution in [0.3, 0.4) is 0 Å². The van der Waals surface area contributed by atoms with Crippen LogP contribution in [0.1, 0.15) is 22.3 Å². The predicted molar refractivity (Wildman–Crippen MR) is 112 cm³/mol. The Balaban J connectivity index is 1.89. The zero-order chi connectivity index (χ0) is 19.6. The maximum atomic E-state index is 13.0. The van der Waals surface area contributed by atoms with E-state index >= 15 is 0 Å². The zero-order valence-corrected chi connectivity index (χ0v) is 17.0. The van der Waals surface area contributed by atoms with Crippen molar-refractivity contribution in [3.05, 3.63) is 75.9 Å². The van der Waals surface area contributed by atoms with E-state index in [-0.39, 0.29) is 30.7 Å². The second-order valence-electron chi connectivity index (χ2n) is 6.38. The summed E-state index contributed by atoms with van der Waals surface area (Å²) in [4.78, 5) is 41.1. The third-order valence-corrected chi connectivity index (χ3v) is 5.19. The summed E-state index contributed by atoms with van der Waals surface area (Å²) < 4.78 is 1.01. The Morgan fingerprint density at radius 3 is 2.41 bits per heavy atom. The lowest BCUT2D eigenvalue weighted by molar-refractivity contribution is -0.122. The van der Waals surface area contributed by atoms with Crippen LogP contribution >= 0.6 is 22.6 Å². The third kappa shape index (κ3) is 3.95. The first-order valence-electron chi connectivity index (χ1n) is 8.53. The van der Waals surface area contributed by atoms with E-state index < -0.39 is 6.04 Å². The summed E-state index contributed by atoms with van der Waals surface area (Å²) in [7, 11) is 0. The lowest BCUT2D eigenvalue weighted by Gasteiger charge is -2.26. The van der Waals surface area contributed by atoms with Gasteiger partial charge < -0.3 is 4.90 Å². The molecule has 0 aromatic heterocycles. The normalized spacial score (nSPS) is 16.5. The number of benzene rings is 2. The highest BCUT2D eigenvalue weighted by Crippen LogP contribution is 2.27. The molecule has 5 nitrogen and oxygen atoms in total. The zero-order valence-electron chi connectivity index (χ0n) is 14.9. The number of rotatable bonds is 5. The van der Waals surface area contributed by atoms with Crippen LogP contribution in [0.25, 0.3) is 0 Å². The van der Waals surface area contributed by atoms with Crippen molar-refractivity contribution in [1.29, 1.82) is 0 Å². The summed E-state index contributed by atoms with van der Waals surface area (Å²) in [6, 6.07) is 13.5. The van der Waals surface area contributed by atoms with Gasteiger partial charge in [0.1, 0.15) is 6.04 Å². The first-order valence-corrected chi connectivity index (χ1v) is 9.61. The van der Waals surface area contributed by atoms with Crippen molar-refractivity contribution in [3.63, 3.8) is 0 Å². The molecule has 2 aromatic carbocycles. The van der Waals surface area contributed by atoms with E-state index in [4.69, 9.17) is 0 Å². The van der Waals surface area contributed by atoms with Crippen LogP contribution in [-0.4, -0.2) is 35.2 Å². The fraction of sp³-hybridized carbons (Fsp3) is 0.190. The van der Waals surface area contributed by atoms with Crippen molar-refractivity contribution in [1.82, 2.24) is 4.90 Å². The lowest BCUT2D eigenvalue weighted by Crippen LogP contribution is -2.45. The molecule has 6 heteroatoms. The molecular formula is C21H19IN2O3. The Bertz CT molecular complexity index is 891. The standard InChI is InChI=1S/C21H19IN2O3/c1-3-12-23(20(26)15-6-4-14(2)5-7-15)18-13-19(25)24(21(18)27)17-10-8-16(22)9-11-17/h3-11,18H,1,12-13H2,2H3. The van der Waals surface area contributed by atoms with Crippen LogP contribution in [0.2, 0.25) is 0 Å². The second-order valence-corrected chi connectivity index (χ2v) is 7.62. The van der Waals surface area contributed by atoms with Crippen LogP contribution in [0.15, 0.2) is 61.2 Å². The van der Waals surface area contributed by atoms with Gasteiger partial charge in [0.2, 0.25) is 5.91 Å². The molecular weight excluding hydrogens is 455 g/mol. The van der Waals surface area contributed by atoms with Gasteiger partial charge in [-0.3, -0.25) is 14.4 Å². The third-order valence-electron chi connectivity index (χ3n) is 4.47. The van der Waals surface area contributed by atoms with Crippen LogP contribution in [0.5, 0.6) is 0 Å². The molecule has 1 aliphatic heterocycles. The highest BCUT2D eigenvalue weighted by Gasteiger charge is 2.44. The van der Waals surface area contributed by atoms with Crippen LogP contribution in [-0.2, 0) is 9.59 Å². The van der Waals surface area contributed by atoms with Crippen molar-refractivity contribution in [2.24, 2.45) is 0 Å². The molecule has 1 unspecified atom stereocenters. The monoisotopic (exact) mass is 474 g/mol. The number of amides is 3. The Hall–Kier alpha value is -2.48. The summed E-state index contributed by atoms with van der Waals surface area (Å²) >= 11 is 2.16. The SMILES string of the molecule is C=CCN(C(=O)c1ccc(C)cc1)C1CC(=O)N(c2ccc(I)cc2)C1=O. The molecule has 0 saturated carbocycles. The minimum atomic E-state index is -0.830. The molecule has 138 valence electrons. The van der Waals surface area contributed by atoms with Gasteiger partial charge in [-0.15, -0.1) is 6.58 Å². The molecule has 1 heterocycles. The summed E-state index contributed by atoms with van der Waals surface area (Å²) in [5.41, 5.74) is 2.04. The molecule has 3 amide bonds. The number of carbonyl (C=O) groups excluding carboxylic acids is 3. The number of imide groups is 1. The average Bonchev–Trinajstić information content (AvgIpc) is 2.95. The Morgan fingerprint density at radius 2 is 1.81 bits per heavy atom. The second kappa shape index (κ2) is 8.04. The number of halogens is 1. The average molecular weight is 474 g/mol. The molecule has 1 fully saturated rings. The van der Waals surface area contributed by atoms with E-state index in [0.717, 1.165) is 9.13 Å². The van der Waals surface area contributed by atoms with Gasteiger partial charge >= 0.3 is 0 Å². The van der Waals surface area contributed by atoms with Crippen molar-refractivity contribution in [2.75, 3.05) is 11.4 Å². The number of anilines is 1. The highest BCUT2D eigenvalue weighted by molar-refractivity contribution is 14.1. The number of hydrogen-bond donors (Lipinski definition) is 0. The molecule has 3 rings (SSSR count). The lowest BCUT2D eigenvalue weighted by atomic mass is 10.1. The van der Waals surface area contributed by atoms with E-state index in [1.807, 2.05) is 31.2 Å². The summed E-state index contributed by atoms with van der Waals surface area (Å²) in [5.74, 6) is -0.981. The number of aryl methyl sites for hydroxylation is 1. The number of hydrogen-bond acceptors (Lipinski definition) is 3. The van der Waals surface area contributed by atoms with Gasteiger partial charge in [-0.1, -0.05) is 23.8 Å². The van der Waals surface area contributed by atoms with Gasteiger partial charge in [-0.25, -0.2) is 4.90 Å². The maximum Gasteiger partial charge on any atom is 0.257 e. The van der Waals surface area contributed by atoms with Crippen molar-refractivity contribution >= 4 is 46.0 Å². The van der Waals surface area contributed by atoms with Crippen LogP contribution in [0.4, 0.5) is 5.69 Å². The van der Waals surface area contributed by atoms with Crippen molar-refractivity contribution in [3.8, 4) is 0 Å². The van der Waals surface area contributed by atoms with Gasteiger partial charge in [-0.2, -0.15) is 0 Å². The molecule has 1 atom stereocenters. The van der Waals surface area contributed by atoms with Gasteiger partial charge in [0.05, 0.1) is 12.1 Å². The molecule has 0 spiro atoms. The summed E-state index contributed by atoms with van der Waals surface area (Å²) in [6.07, 6.45) is 1.54. The smallest absolute Gasteiger partial charge is 0.257 e. The first kappa shape index (κ1) is 19.3. The predicted octanol–water partition coefficient (Wildman–Crippen LogP) is 3.56. The fourth-order valence-corrected chi connectivity index (χ4v) is 3.43. The Kier molecular flexibility index (Phi) is 5.74. The molecule has 0 radical (unpaired) electrons. The fourth-order valence-electron chi connectivity index (χ4n) is 3.07. The Labute approximate surface area is 171 Å². The van der Waals surface area contributed by atoms with Crippen LogP contribution < -0.4 is 4.90 Å². The van der Waals surface area contributed by atoms with E-state index in [1.54, 1.807) is 30.3 Å². The highest BCUT2D eigenvalue weighted by atomic mass is 127. The maximum absolute atomic E-state index is 13.0. The molecule has 0 bridgehead atoms. The molecule has 27 heavy (non-hydrogen) atoms. The molecule has 1 saturated heterocycles. The minimum Gasteiger partial charge on any atom is -0.322 e. The largest absolute Gasteiger partial charge is 0.322 e. The molecule has 1 aliphatic rings. The van der Waals surface area contributed by atoms with Gasteiger partial charge in [0, 0.05) is 15.7 Å². The minimum absolute atomic E-state index is 0.0315.